The lowest BCUT2D eigenvalue weighted by molar-refractivity contribution is -0.137. The molecule has 1 aliphatic heterocycles. The molecule has 1 atom stereocenters. The summed E-state index contributed by atoms with van der Waals surface area (Å²) in [5.41, 5.74) is -1.23. The van der Waals surface area contributed by atoms with Crippen LogP contribution in [0.2, 0.25) is 0 Å². The van der Waals surface area contributed by atoms with Crippen LogP contribution in [0, 0.1) is 0 Å². The molecule has 2 amide bonds. The van der Waals surface area contributed by atoms with E-state index in [-0.39, 0.29) is 23.6 Å². The Bertz CT molecular complexity index is 898. The number of carbonyl (C=O) groups is 2. The quantitative estimate of drug-likeness (QED) is 0.794. The van der Waals surface area contributed by atoms with Crippen LogP contribution in [-0.4, -0.2) is 31.5 Å². The number of rotatable bonds is 5. The monoisotopic (exact) mass is 408 g/mol. The fraction of sp³-hybridized carbons (Fsp3) is 0.300. The van der Waals surface area contributed by atoms with Crippen LogP contribution >= 0.6 is 0 Å². The maximum Gasteiger partial charge on any atom is 0.416 e. The van der Waals surface area contributed by atoms with Crippen LogP contribution in [0.1, 0.15) is 28.8 Å². The Labute approximate surface area is 165 Å². The van der Waals surface area contributed by atoms with Gasteiger partial charge in [0.2, 0.25) is 5.91 Å². The number of benzene rings is 2. The molecule has 0 bridgehead atoms. The molecule has 9 heteroatoms. The summed E-state index contributed by atoms with van der Waals surface area (Å²) in [6.45, 7) is 0.390. The Morgan fingerprint density at radius 3 is 2.45 bits per heavy atom. The summed E-state index contributed by atoms with van der Waals surface area (Å²) < 4.78 is 50.1. The summed E-state index contributed by atoms with van der Waals surface area (Å²) in [7, 11) is 1.50. The van der Waals surface area contributed by atoms with Crippen molar-refractivity contribution in [2.75, 3.05) is 13.7 Å². The molecule has 1 fully saturated rings. The zero-order valence-electron chi connectivity index (χ0n) is 15.5. The predicted octanol–water partition coefficient (Wildman–Crippen LogP) is 3.51. The molecule has 1 heterocycles. The van der Waals surface area contributed by atoms with Crippen molar-refractivity contribution in [2.24, 2.45) is 0 Å². The molecule has 1 aliphatic rings. The van der Waals surface area contributed by atoms with Gasteiger partial charge in [-0.2, -0.15) is 13.2 Å². The fourth-order valence-electron chi connectivity index (χ4n) is 2.91. The van der Waals surface area contributed by atoms with Crippen molar-refractivity contribution in [3.63, 3.8) is 0 Å². The van der Waals surface area contributed by atoms with Crippen molar-refractivity contribution in [3.8, 4) is 17.2 Å². The first-order chi connectivity index (χ1) is 13.8. The van der Waals surface area contributed by atoms with Gasteiger partial charge in [-0.05, 0) is 48.9 Å². The highest BCUT2D eigenvalue weighted by atomic mass is 19.4. The minimum atomic E-state index is -4.61. The number of ether oxygens (including phenoxy) is 2. The van der Waals surface area contributed by atoms with Crippen LogP contribution < -0.4 is 20.1 Å². The van der Waals surface area contributed by atoms with Crippen LogP contribution in [-0.2, 0) is 11.0 Å². The van der Waals surface area contributed by atoms with E-state index >= 15 is 0 Å². The number of hydrogen-bond acceptors (Lipinski definition) is 4. The molecule has 1 saturated heterocycles. The third kappa shape index (κ3) is 5.18. The Kier molecular flexibility index (Phi) is 5.95. The highest BCUT2D eigenvalue weighted by molar-refractivity contribution is 5.97. The molecule has 3 rings (SSSR count). The Balaban J connectivity index is 1.88. The van der Waals surface area contributed by atoms with Gasteiger partial charge in [0, 0.05) is 19.0 Å². The SMILES string of the molecule is COc1ccc(Oc2ccc(C(F)(F)F)cc2C(=O)NC2CCNC(=O)C2)cc1. The lowest BCUT2D eigenvalue weighted by atomic mass is 10.0. The van der Waals surface area contributed by atoms with Gasteiger partial charge in [-0.1, -0.05) is 0 Å². The van der Waals surface area contributed by atoms with E-state index in [4.69, 9.17) is 9.47 Å². The van der Waals surface area contributed by atoms with Gasteiger partial charge < -0.3 is 20.1 Å². The van der Waals surface area contributed by atoms with E-state index in [1.165, 1.54) is 7.11 Å². The lowest BCUT2D eigenvalue weighted by Crippen LogP contribution is -2.45. The molecule has 0 aromatic heterocycles. The fourth-order valence-corrected chi connectivity index (χ4v) is 2.91. The normalized spacial score (nSPS) is 16.7. The first-order valence-corrected chi connectivity index (χ1v) is 8.87. The zero-order valence-corrected chi connectivity index (χ0v) is 15.5. The van der Waals surface area contributed by atoms with E-state index < -0.39 is 23.7 Å². The minimum Gasteiger partial charge on any atom is -0.497 e. The van der Waals surface area contributed by atoms with Gasteiger partial charge in [0.25, 0.3) is 5.91 Å². The molecule has 0 spiro atoms. The van der Waals surface area contributed by atoms with Crippen molar-refractivity contribution in [2.45, 2.75) is 25.1 Å². The first-order valence-electron chi connectivity index (χ1n) is 8.87. The second kappa shape index (κ2) is 8.42. The molecule has 0 saturated carbocycles. The van der Waals surface area contributed by atoms with Gasteiger partial charge in [0.15, 0.2) is 0 Å². The number of nitrogens with one attached hydrogen (secondary N) is 2. The third-order valence-electron chi connectivity index (χ3n) is 4.42. The van der Waals surface area contributed by atoms with Crippen LogP contribution in [0.3, 0.4) is 0 Å². The lowest BCUT2D eigenvalue weighted by Gasteiger charge is -2.23. The number of carbonyl (C=O) groups excluding carboxylic acids is 2. The van der Waals surface area contributed by atoms with Crippen molar-refractivity contribution in [1.82, 2.24) is 10.6 Å². The molecule has 1 unspecified atom stereocenters. The van der Waals surface area contributed by atoms with Crippen molar-refractivity contribution >= 4 is 11.8 Å². The summed E-state index contributed by atoms with van der Waals surface area (Å²) in [4.78, 5) is 24.2. The highest BCUT2D eigenvalue weighted by Crippen LogP contribution is 2.34. The minimum absolute atomic E-state index is 0.0269. The Hall–Kier alpha value is -3.23. The van der Waals surface area contributed by atoms with Gasteiger partial charge in [-0.25, -0.2) is 0 Å². The van der Waals surface area contributed by atoms with Gasteiger partial charge in [0.1, 0.15) is 17.2 Å². The van der Waals surface area contributed by atoms with E-state index in [0.29, 0.717) is 24.5 Å². The number of piperidine rings is 1. The molecule has 2 aromatic carbocycles. The predicted molar refractivity (Wildman–Crippen MR) is 98.0 cm³/mol. The zero-order chi connectivity index (χ0) is 21.0. The average molecular weight is 408 g/mol. The molecule has 2 N–H and O–H groups in total. The molecular formula is C20H19F3N2O4. The molecule has 29 heavy (non-hydrogen) atoms. The first kappa shape index (κ1) is 20.5. The van der Waals surface area contributed by atoms with Gasteiger partial charge >= 0.3 is 6.18 Å². The van der Waals surface area contributed by atoms with Gasteiger partial charge in [0.05, 0.1) is 18.2 Å². The van der Waals surface area contributed by atoms with Gasteiger partial charge in [-0.15, -0.1) is 0 Å². The number of hydrogen-bond donors (Lipinski definition) is 2. The van der Waals surface area contributed by atoms with Crippen LogP contribution in [0.4, 0.5) is 13.2 Å². The highest BCUT2D eigenvalue weighted by Gasteiger charge is 2.32. The second-order valence-electron chi connectivity index (χ2n) is 6.50. The Morgan fingerprint density at radius 2 is 1.83 bits per heavy atom. The largest absolute Gasteiger partial charge is 0.497 e. The van der Waals surface area contributed by atoms with E-state index in [9.17, 15) is 22.8 Å². The van der Waals surface area contributed by atoms with E-state index in [1.807, 2.05) is 0 Å². The van der Waals surface area contributed by atoms with E-state index in [2.05, 4.69) is 10.6 Å². The van der Waals surface area contributed by atoms with Crippen LogP contribution in [0.15, 0.2) is 42.5 Å². The maximum atomic E-state index is 13.1. The number of alkyl halides is 3. The average Bonchev–Trinajstić information content (AvgIpc) is 2.68. The summed E-state index contributed by atoms with van der Waals surface area (Å²) in [6.07, 6.45) is -4.05. The molecule has 6 nitrogen and oxygen atoms in total. The maximum absolute atomic E-state index is 13.1. The summed E-state index contributed by atoms with van der Waals surface area (Å²) in [5, 5.41) is 5.26. The topological polar surface area (TPSA) is 76.7 Å². The van der Waals surface area contributed by atoms with Crippen LogP contribution in [0.5, 0.6) is 17.2 Å². The van der Waals surface area contributed by atoms with Crippen LogP contribution in [0.25, 0.3) is 0 Å². The van der Waals surface area contributed by atoms with Crippen molar-refractivity contribution < 1.29 is 32.2 Å². The van der Waals surface area contributed by atoms with E-state index in [1.54, 1.807) is 24.3 Å². The summed E-state index contributed by atoms with van der Waals surface area (Å²) in [6, 6.07) is 8.64. The van der Waals surface area contributed by atoms with E-state index in [0.717, 1.165) is 18.2 Å². The number of halogens is 3. The molecular weight excluding hydrogens is 389 g/mol. The number of amides is 2. The molecule has 0 radical (unpaired) electrons. The third-order valence-corrected chi connectivity index (χ3v) is 4.42. The molecule has 154 valence electrons. The second-order valence-corrected chi connectivity index (χ2v) is 6.50. The van der Waals surface area contributed by atoms with Crippen molar-refractivity contribution in [3.05, 3.63) is 53.6 Å². The standard InChI is InChI=1S/C20H19F3N2O4/c1-28-14-3-5-15(6-4-14)29-17-7-2-12(20(21,22)23)10-16(17)19(27)25-13-8-9-24-18(26)11-13/h2-7,10,13H,8-9,11H2,1H3,(H,24,26)(H,25,27). The summed E-state index contributed by atoms with van der Waals surface area (Å²) >= 11 is 0. The summed E-state index contributed by atoms with van der Waals surface area (Å²) in [5.74, 6) is -0.0736. The Morgan fingerprint density at radius 1 is 1.14 bits per heavy atom. The molecule has 2 aromatic rings. The number of methoxy groups -OCH3 is 1. The molecule has 0 aliphatic carbocycles. The van der Waals surface area contributed by atoms with Gasteiger partial charge in [-0.3, -0.25) is 9.59 Å². The van der Waals surface area contributed by atoms with Crippen molar-refractivity contribution in [1.29, 1.82) is 0 Å². The smallest absolute Gasteiger partial charge is 0.416 e.